The molecular weight excluding hydrogens is 469 g/mol. The van der Waals surface area contributed by atoms with Crippen LogP contribution in [0.2, 0.25) is 0 Å². The van der Waals surface area contributed by atoms with Crippen molar-refractivity contribution in [1.82, 2.24) is 15.2 Å². The molecule has 0 saturated carbocycles. The number of piperidine rings is 1. The molecule has 1 amide bonds. The number of carbonyl (C=O) groups is 1. The average molecular weight is 502 g/mol. The number of rotatable bonds is 9. The van der Waals surface area contributed by atoms with Crippen molar-refractivity contribution >= 4 is 22.4 Å². The second-order valence-corrected chi connectivity index (χ2v) is 9.49. The molecular formula is C29H32FN5O2. The van der Waals surface area contributed by atoms with Gasteiger partial charge in [-0.25, -0.2) is 9.37 Å². The van der Waals surface area contributed by atoms with Crippen LogP contribution in [0.3, 0.4) is 0 Å². The van der Waals surface area contributed by atoms with Crippen LogP contribution in [0.4, 0.5) is 10.1 Å². The Hall–Kier alpha value is -3.96. The fourth-order valence-electron chi connectivity index (χ4n) is 4.79. The van der Waals surface area contributed by atoms with Gasteiger partial charge in [0.25, 0.3) is 5.91 Å². The minimum Gasteiger partial charge on any atom is -0.495 e. The maximum atomic E-state index is 14.6. The van der Waals surface area contributed by atoms with Crippen molar-refractivity contribution in [3.63, 3.8) is 0 Å². The third-order valence-corrected chi connectivity index (χ3v) is 6.76. The van der Waals surface area contributed by atoms with Gasteiger partial charge in [0.2, 0.25) is 0 Å². The number of methoxy groups -OCH3 is 1. The van der Waals surface area contributed by atoms with Crippen molar-refractivity contribution in [2.75, 3.05) is 45.7 Å². The van der Waals surface area contributed by atoms with E-state index in [9.17, 15) is 9.18 Å². The number of likely N-dealkylation sites (tertiary alicyclic amines) is 1. The van der Waals surface area contributed by atoms with Crippen LogP contribution < -0.4 is 15.4 Å². The zero-order chi connectivity index (χ0) is 26.4. The van der Waals surface area contributed by atoms with Crippen LogP contribution in [0.15, 0.2) is 54.6 Å². The van der Waals surface area contributed by atoms with Gasteiger partial charge in [-0.1, -0.05) is 24.8 Å². The normalized spacial score (nSPS) is 15.7. The number of halogens is 1. The highest BCUT2D eigenvalue weighted by Crippen LogP contribution is 2.35. The molecule has 0 bridgehead atoms. The maximum absolute atomic E-state index is 14.6. The molecule has 3 aromatic rings. The summed E-state index contributed by atoms with van der Waals surface area (Å²) in [4.78, 5) is 19.5. The van der Waals surface area contributed by atoms with Gasteiger partial charge in [0, 0.05) is 36.2 Å². The van der Waals surface area contributed by atoms with Crippen molar-refractivity contribution < 1.29 is 13.9 Å². The summed E-state index contributed by atoms with van der Waals surface area (Å²) in [6.45, 7) is 6.61. The summed E-state index contributed by atoms with van der Waals surface area (Å²) in [6, 6.07) is 14.4. The molecule has 2 heterocycles. The first-order chi connectivity index (χ1) is 17.9. The van der Waals surface area contributed by atoms with E-state index in [-0.39, 0.29) is 12.2 Å². The predicted octanol–water partition coefficient (Wildman–Crippen LogP) is 5.00. The van der Waals surface area contributed by atoms with Crippen LogP contribution in [-0.4, -0.2) is 56.1 Å². The second-order valence-electron chi connectivity index (χ2n) is 9.49. The maximum Gasteiger partial charge on any atom is 0.272 e. The molecule has 1 atom stereocenters. The minimum absolute atomic E-state index is 0.215. The van der Waals surface area contributed by atoms with Gasteiger partial charge in [-0.3, -0.25) is 4.79 Å². The van der Waals surface area contributed by atoms with Crippen molar-refractivity contribution in [2.24, 2.45) is 5.92 Å². The number of pyridine rings is 1. The lowest BCUT2D eigenvalue weighted by atomic mass is 9.95. The van der Waals surface area contributed by atoms with E-state index in [0.29, 0.717) is 35.2 Å². The number of fused-ring (bicyclic) bond motifs is 1. The number of carbonyl (C=O) groups excluding carboxylic acids is 1. The Kier molecular flexibility index (Phi) is 8.36. The molecule has 1 aliphatic rings. The minimum atomic E-state index is -0.654. The number of benzene rings is 2. The van der Waals surface area contributed by atoms with E-state index in [1.165, 1.54) is 6.07 Å². The zero-order valence-corrected chi connectivity index (χ0v) is 21.3. The lowest BCUT2D eigenvalue weighted by molar-refractivity contribution is 0.0939. The monoisotopic (exact) mass is 501 g/mol. The first-order valence-electron chi connectivity index (χ1n) is 12.5. The van der Waals surface area contributed by atoms with E-state index in [4.69, 9.17) is 10.00 Å². The quantitative estimate of drug-likeness (QED) is 0.401. The lowest BCUT2D eigenvalue weighted by Crippen LogP contribution is -2.34. The van der Waals surface area contributed by atoms with Gasteiger partial charge in [0.15, 0.2) is 11.5 Å². The number of aromatic nitrogens is 1. The molecule has 1 fully saturated rings. The smallest absolute Gasteiger partial charge is 0.272 e. The van der Waals surface area contributed by atoms with E-state index in [0.717, 1.165) is 48.7 Å². The van der Waals surface area contributed by atoms with Crippen LogP contribution in [0, 0.1) is 23.1 Å². The molecule has 7 nitrogen and oxygen atoms in total. The van der Waals surface area contributed by atoms with Crippen LogP contribution in [0.5, 0.6) is 5.75 Å². The second kappa shape index (κ2) is 11.8. The van der Waals surface area contributed by atoms with Gasteiger partial charge in [0.05, 0.1) is 24.6 Å². The molecule has 192 valence electrons. The number of nitriles is 1. The van der Waals surface area contributed by atoms with Gasteiger partial charge in [0.1, 0.15) is 5.75 Å². The number of ether oxygens (including phenoxy) is 1. The van der Waals surface area contributed by atoms with Crippen molar-refractivity contribution in [3.05, 3.63) is 66.1 Å². The topological polar surface area (TPSA) is 90.3 Å². The van der Waals surface area contributed by atoms with Crippen LogP contribution in [0.25, 0.3) is 22.0 Å². The predicted molar refractivity (Wildman–Crippen MR) is 144 cm³/mol. The van der Waals surface area contributed by atoms with E-state index in [2.05, 4.69) is 34.1 Å². The van der Waals surface area contributed by atoms with Crippen molar-refractivity contribution in [3.8, 4) is 23.1 Å². The van der Waals surface area contributed by atoms with E-state index in [1.807, 2.05) is 36.4 Å². The third kappa shape index (κ3) is 6.25. The van der Waals surface area contributed by atoms with Crippen LogP contribution in [-0.2, 0) is 0 Å². The molecule has 0 spiro atoms. The van der Waals surface area contributed by atoms with Gasteiger partial charge in [-0.15, -0.1) is 0 Å². The van der Waals surface area contributed by atoms with Crippen molar-refractivity contribution in [1.29, 1.82) is 5.26 Å². The number of nitrogens with one attached hydrogen (secondary N) is 2. The molecule has 37 heavy (non-hydrogen) atoms. The Morgan fingerprint density at radius 2 is 2.11 bits per heavy atom. The Bertz CT molecular complexity index is 1350. The average Bonchev–Trinajstić information content (AvgIpc) is 2.91. The summed E-state index contributed by atoms with van der Waals surface area (Å²) in [5.41, 5.74) is 2.10. The number of anilines is 1. The highest BCUT2D eigenvalue weighted by molar-refractivity contribution is 5.99. The summed E-state index contributed by atoms with van der Waals surface area (Å²) < 4.78 is 20.1. The van der Waals surface area contributed by atoms with Crippen LogP contribution >= 0.6 is 0 Å². The summed E-state index contributed by atoms with van der Waals surface area (Å²) in [5, 5.41) is 16.9. The third-order valence-electron chi connectivity index (χ3n) is 6.76. The molecule has 1 aliphatic heterocycles. The number of hydrogen-bond donors (Lipinski definition) is 2. The summed E-state index contributed by atoms with van der Waals surface area (Å²) >= 11 is 0. The number of hydrogen-bond acceptors (Lipinski definition) is 6. The fraction of sp³-hybridized carbons (Fsp3) is 0.345. The summed E-state index contributed by atoms with van der Waals surface area (Å²) in [5.74, 6) is -0.0144. The van der Waals surface area contributed by atoms with Gasteiger partial charge in [-0.2, -0.15) is 5.26 Å². The molecule has 1 unspecified atom stereocenters. The van der Waals surface area contributed by atoms with E-state index in [1.54, 1.807) is 13.2 Å². The molecule has 1 aromatic heterocycles. The molecule has 2 aromatic carbocycles. The van der Waals surface area contributed by atoms with Gasteiger partial charge >= 0.3 is 0 Å². The SMILES string of the molecule is C=C(C#N)CNc1c(OC)ccc2ccc(-c3ccc(F)c(C(=O)NCCC4CCCN(C)C4)n3)cc12. The van der Waals surface area contributed by atoms with Gasteiger partial charge < -0.3 is 20.3 Å². The van der Waals surface area contributed by atoms with E-state index >= 15 is 0 Å². The van der Waals surface area contributed by atoms with Crippen LogP contribution in [0.1, 0.15) is 29.8 Å². The highest BCUT2D eigenvalue weighted by Gasteiger charge is 2.19. The van der Waals surface area contributed by atoms with E-state index < -0.39 is 11.7 Å². The first kappa shape index (κ1) is 26.1. The largest absolute Gasteiger partial charge is 0.495 e. The summed E-state index contributed by atoms with van der Waals surface area (Å²) in [7, 11) is 3.69. The summed E-state index contributed by atoms with van der Waals surface area (Å²) in [6.07, 6.45) is 3.17. The molecule has 0 radical (unpaired) electrons. The van der Waals surface area contributed by atoms with Gasteiger partial charge in [-0.05, 0) is 68.4 Å². The Balaban J connectivity index is 1.56. The Morgan fingerprint density at radius 3 is 2.86 bits per heavy atom. The molecule has 1 saturated heterocycles. The number of nitrogens with zero attached hydrogens (tertiary/aromatic N) is 3. The standard InChI is InChI=1S/C29H32FN5O2/c1-19(16-31)17-33-27-23-15-22(7-6-21(23)8-11-26(27)37-3)25-10-9-24(30)28(34-25)29(36)32-13-12-20-5-4-14-35(2)18-20/h6-11,15,20,33H,1,4-5,12-14,17-18H2,2-3H3,(H,32,36). The lowest BCUT2D eigenvalue weighted by Gasteiger charge is -2.29. The Morgan fingerprint density at radius 1 is 1.30 bits per heavy atom. The number of amides is 1. The molecule has 8 heteroatoms. The van der Waals surface area contributed by atoms with Crippen molar-refractivity contribution in [2.45, 2.75) is 19.3 Å². The first-order valence-corrected chi connectivity index (χ1v) is 12.5. The molecule has 0 aliphatic carbocycles. The zero-order valence-electron chi connectivity index (χ0n) is 21.3. The Labute approximate surface area is 216 Å². The molecule has 2 N–H and O–H groups in total. The molecule has 4 rings (SSSR count). The fourth-order valence-corrected chi connectivity index (χ4v) is 4.79. The highest BCUT2D eigenvalue weighted by atomic mass is 19.1.